The lowest BCUT2D eigenvalue weighted by molar-refractivity contribution is -0.849. The molecule has 0 aromatic rings. The Balaban J connectivity index is 0. The van der Waals surface area contributed by atoms with Crippen LogP contribution in [0.15, 0.2) is 0 Å². The molecular weight excluding hydrogens is 362 g/mol. The maximum atomic E-state index is 11.4. The highest BCUT2D eigenvalue weighted by atomic mass is 32.3. The van der Waals surface area contributed by atoms with Crippen molar-refractivity contribution >= 4 is 10.4 Å². The van der Waals surface area contributed by atoms with Crippen LogP contribution in [-0.2, 0) is 18.8 Å². The molecule has 0 saturated heterocycles. The Bertz CT molecular complexity index is 385. The SMILES string of the molecule is CCCCCCCCCCCCOS(=O)(=O)OCCCCC.C[N+](C)(C)C. The van der Waals surface area contributed by atoms with Crippen molar-refractivity contribution in [1.82, 2.24) is 0 Å². The molecule has 0 N–H and O–H groups in total. The molecule has 0 aliphatic heterocycles. The lowest BCUT2D eigenvalue weighted by Crippen LogP contribution is -2.27. The van der Waals surface area contributed by atoms with Crippen LogP contribution in [0, 0.1) is 0 Å². The summed E-state index contributed by atoms with van der Waals surface area (Å²) in [6.07, 6.45) is 15.0. The van der Waals surface area contributed by atoms with Crippen LogP contribution in [0.25, 0.3) is 0 Å². The summed E-state index contributed by atoms with van der Waals surface area (Å²) in [7, 11) is 4.73. The monoisotopic (exact) mass is 410 g/mol. The van der Waals surface area contributed by atoms with E-state index in [9.17, 15) is 8.42 Å². The number of unbranched alkanes of at least 4 members (excludes halogenated alkanes) is 11. The number of hydrogen-bond acceptors (Lipinski definition) is 4. The van der Waals surface area contributed by atoms with Gasteiger partial charge in [0.05, 0.1) is 41.4 Å². The summed E-state index contributed by atoms with van der Waals surface area (Å²) < 4.78 is 33.4. The van der Waals surface area contributed by atoms with Crippen LogP contribution in [0.4, 0.5) is 0 Å². The van der Waals surface area contributed by atoms with E-state index < -0.39 is 10.4 Å². The van der Waals surface area contributed by atoms with Crippen LogP contribution in [0.5, 0.6) is 0 Å². The highest BCUT2D eigenvalue weighted by molar-refractivity contribution is 7.81. The third-order valence-electron chi connectivity index (χ3n) is 3.70. The number of nitrogens with zero attached hydrogens (tertiary/aromatic N) is 1. The molecular formula is C21H48NO4S+. The molecule has 0 saturated carbocycles. The molecule has 0 amide bonds. The van der Waals surface area contributed by atoms with Crippen LogP contribution in [0.3, 0.4) is 0 Å². The normalized spacial score (nSPS) is 11.9. The van der Waals surface area contributed by atoms with Gasteiger partial charge >= 0.3 is 10.4 Å². The van der Waals surface area contributed by atoms with Crippen molar-refractivity contribution in [2.75, 3.05) is 41.4 Å². The smallest absolute Gasteiger partial charge is 0.333 e. The predicted octanol–water partition coefficient (Wildman–Crippen LogP) is 5.70. The summed E-state index contributed by atoms with van der Waals surface area (Å²) in [5.41, 5.74) is 0. The van der Waals surface area contributed by atoms with Crippen LogP contribution < -0.4 is 0 Å². The zero-order valence-corrected chi connectivity index (χ0v) is 19.9. The van der Waals surface area contributed by atoms with Gasteiger partial charge in [0.2, 0.25) is 0 Å². The van der Waals surface area contributed by atoms with Gasteiger partial charge in [-0.3, -0.25) is 0 Å². The second-order valence-electron chi connectivity index (χ2n) is 8.62. The van der Waals surface area contributed by atoms with Crippen LogP contribution in [0.1, 0.15) is 97.3 Å². The predicted molar refractivity (Wildman–Crippen MR) is 116 cm³/mol. The molecule has 0 spiro atoms. The molecule has 5 nitrogen and oxygen atoms in total. The summed E-state index contributed by atoms with van der Waals surface area (Å²) in [6, 6.07) is 0. The second kappa shape index (κ2) is 19.2. The molecule has 0 atom stereocenters. The van der Waals surface area contributed by atoms with Crippen LogP contribution in [-0.4, -0.2) is 54.3 Å². The minimum atomic E-state index is -3.77. The Hall–Kier alpha value is -0.170. The topological polar surface area (TPSA) is 52.6 Å². The van der Waals surface area contributed by atoms with Crippen molar-refractivity contribution in [2.45, 2.75) is 97.3 Å². The quantitative estimate of drug-likeness (QED) is 0.228. The van der Waals surface area contributed by atoms with Crippen molar-refractivity contribution in [3.63, 3.8) is 0 Å². The van der Waals surface area contributed by atoms with Crippen molar-refractivity contribution in [2.24, 2.45) is 0 Å². The number of hydrogen-bond donors (Lipinski definition) is 0. The molecule has 0 bridgehead atoms. The van der Waals surface area contributed by atoms with Gasteiger partial charge in [-0.2, -0.15) is 8.42 Å². The molecule has 0 unspecified atom stereocenters. The van der Waals surface area contributed by atoms with E-state index in [2.05, 4.69) is 42.0 Å². The maximum absolute atomic E-state index is 11.4. The first-order valence-corrected chi connectivity index (χ1v) is 12.3. The zero-order valence-electron chi connectivity index (χ0n) is 19.1. The fourth-order valence-electron chi connectivity index (χ4n) is 2.30. The van der Waals surface area contributed by atoms with Gasteiger partial charge in [-0.05, 0) is 12.8 Å². The van der Waals surface area contributed by atoms with Crippen molar-refractivity contribution in [3.05, 3.63) is 0 Å². The van der Waals surface area contributed by atoms with Crippen LogP contribution >= 0.6 is 0 Å². The van der Waals surface area contributed by atoms with Gasteiger partial charge in [-0.15, -0.1) is 0 Å². The van der Waals surface area contributed by atoms with Gasteiger partial charge in [0.25, 0.3) is 0 Å². The number of rotatable bonds is 17. The Labute approximate surface area is 170 Å². The summed E-state index contributed by atoms with van der Waals surface area (Å²) in [5.74, 6) is 0. The largest absolute Gasteiger partial charge is 0.399 e. The van der Waals surface area contributed by atoms with Crippen LogP contribution in [0.2, 0.25) is 0 Å². The van der Waals surface area contributed by atoms with Gasteiger partial charge < -0.3 is 4.48 Å². The van der Waals surface area contributed by atoms with Crippen molar-refractivity contribution in [3.8, 4) is 0 Å². The first kappa shape index (κ1) is 29.0. The van der Waals surface area contributed by atoms with E-state index in [-0.39, 0.29) is 13.2 Å². The van der Waals surface area contributed by atoms with E-state index >= 15 is 0 Å². The van der Waals surface area contributed by atoms with Gasteiger partial charge in [0.1, 0.15) is 0 Å². The fourth-order valence-corrected chi connectivity index (χ4v) is 3.01. The van der Waals surface area contributed by atoms with Gasteiger partial charge in [-0.25, -0.2) is 8.37 Å². The molecule has 27 heavy (non-hydrogen) atoms. The average Bonchev–Trinajstić information content (AvgIpc) is 2.55. The first-order valence-electron chi connectivity index (χ1n) is 10.9. The lowest BCUT2D eigenvalue weighted by Gasteiger charge is -2.14. The third kappa shape index (κ3) is 33.8. The molecule has 0 aliphatic carbocycles. The summed E-state index contributed by atoms with van der Waals surface area (Å²) in [5, 5.41) is 0. The fraction of sp³-hybridized carbons (Fsp3) is 1.00. The third-order valence-corrected chi connectivity index (χ3v) is 4.61. The molecule has 0 fully saturated rings. The zero-order chi connectivity index (χ0) is 21.0. The first-order chi connectivity index (χ1) is 12.6. The van der Waals surface area contributed by atoms with E-state index in [0.717, 1.165) is 43.0 Å². The summed E-state index contributed by atoms with van der Waals surface area (Å²) in [4.78, 5) is 0. The molecule has 0 heterocycles. The highest BCUT2D eigenvalue weighted by Crippen LogP contribution is 2.11. The van der Waals surface area contributed by atoms with Gasteiger partial charge in [0.15, 0.2) is 0 Å². The van der Waals surface area contributed by atoms with Gasteiger partial charge in [-0.1, -0.05) is 84.5 Å². The van der Waals surface area contributed by atoms with E-state index in [1.54, 1.807) is 0 Å². The Morgan fingerprint density at radius 2 is 0.815 bits per heavy atom. The molecule has 0 aromatic carbocycles. The Kier molecular flexibility index (Phi) is 20.6. The molecule has 0 radical (unpaired) electrons. The molecule has 6 heteroatoms. The minimum Gasteiger partial charge on any atom is -0.333 e. The average molecular weight is 411 g/mol. The maximum Gasteiger partial charge on any atom is 0.399 e. The Morgan fingerprint density at radius 3 is 1.19 bits per heavy atom. The molecule has 0 aromatic heterocycles. The van der Waals surface area contributed by atoms with E-state index in [1.165, 1.54) is 44.9 Å². The number of quaternary nitrogens is 1. The lowest BCUT2D eigenvalue weighted by atomic mass is 10.1. The van der Waals surface area contributed by atoms with E-state index in [0.29, 0.717) is 0 Å². The second-order valence-corrected chi connectivity index (χ2v) is 9.91. The molecule has 0 aliphatic rings. The molecule has 0 rings (SSSR count). The van der Waals surface area contributed by atoms with E-state index in [4.69, 9.17) is 8.37 Å². The Morgan fingerprint density at radius 1 is 0.556 bits per heavy atom. The minimum absolute atomic E-state index is 0.230. The van der Waals surface area contributed by atoms with E-state index in [1.807, 2.05) is 0 Å². The van der Waals surface area contributed by atoms with Gasteiger partial charge in [0, 0.05) is 0 Å². The molecule has 166 valence electrons. The summed E-state index contributed by atoms with van der Waals surface area (Å²) in [6.45, 7) is 4.77. The highest BCUT2D eigenvalue weighted by Gasteiger charge is 2.10. The standard InChI is InChI=1S/C17H36O4S.C4H12N/c1-3-5-7-8-9-10-11-12-13-15-17-21-22(18,19)20-16-14-6-4-2;1-5(2,3)4/h3-17H2,1-2H3;1-4H3/q;+1. The van der Waals surface area contributed by atoms with Crippen molar-refractivity contribution in [1.29, 1.82) is 0 Å². The summed E-state index contributed by atoms with van der Waals surface area (Å²) >= 11 is 0. The van der Waals surface area contributed by atoms with Crippen molar-refractivity contribution < 1.29 is 21.3 Å².